The highest BCUT2D eigenvalue weighted by atomic mass is 16.5. The summed E-state index contributed by atoms with van der Waals surface area (Å²) >= 11 is 0. The summed E-state index contributed by atoms with van der Waals surface area (Å²) in [6.45, 7) is 7.87. The van der Waals surface area contributed by atoms with E-state index in [0.29, 0.717) is 0 Å². The molecule has 0 aliphatic carbocycles. The standard InChI is InChI=1S/C10H21NO/c1-8(2)10-4-5-11-6-9(10)7-12-3/h8-11H,4-7H2,1-3H3. The van der Waals surface area contributed by atoms with E-state index in [1.807, 2.05) is 0 Å². The molecule has 2 heteroatoms. The minimum absolute atomic E-state index is 0.726. The highest BCUT2D eigenvalue weighted by Crippen LogP contribution is 2.26. The first-order valence-electron chi connectivity index (χ1n) is 4.95. The molecule has 2 nitrogen and oxygen atoms in total. The zero-order chi connectivity index (χ0) is 8.97. The van der Waals surface area contributed by atoms with Gasteiger partial charge in [0.25, 0.3) is 0 Å². The van der Waals surface area contributed by atoms with Crippen molar-refractivity contribution in [2.45, 2.75) is 20.3 Å². The molecule has 0 aromatic carbocycles. The van der Waals surface area contributed by atoms with Crippen molar-refractivity contribution in [1.82, 2.24) is 5.32 Å². The number of hydrogen-bond acceptors (Lipinski definition) is 2. The Morgan fingerprint density at radius 3 is 2.83 bits per heavy atom. The van der Waals surface area contributed by atoms with Crippen molar-refractivity contribution in [3.8, 4) is 0 Å². The van der Waals surface area contributed by atoms with Gasteiger partial charge in [0.2, 0.25) is 0 Å². The fraction of sp³-hybridized carbons (Fsp3) is 1.00. The summed E-state index contributed by atoms with van der Waals surface area (Å²) in [5, 5.41) is 3.42. The summed E-state index contributed by atoms with van der Waals surface area (Å²) in [6, 6.07) is 0. The first-order valence-corrected chi connectivity index (χ1v) is 4.95. The zero-order valence-electron chi connectivity index (χ0n) is 8.47. The van der Waals surface area contributed by atoms with Crippen LogP contribution >= 0.6 is 0 Å². The van der Waals surface area contributed by atoms with E-state index in [1.165, 1.54) is 13.0 Å². The van der Waals surface area contributed by atoms with E-state index < -0.39 is 0 Å². The molecular weight excluding hydrogens is 150 g/mol. The molecule has 0 amide bonds. The maximum Gasteiger partial charge on any atom is 0.0505 e. The van der Waals surface area contributed by atoms with E-state index in [1.54, 1.807) is 7.11 Å². The van der Waals surface area contributed by atoms with Gasteiger partial charge in [-0.15, -0.1) is 0 Å². The van der Waals surface area contributed by atoms with Gasteiger partial charge in [-0.3, -0.25) is 0 Å². The van der Waals surface area contributed by atoms with Crippen molar-refractivity contribution >= 4 is 0 Å². The molecule has 1 aliphatic rings. The molecule has 0 radical (unpaired) electrons. The minimum atomic E-state index is 0.726. The number of rotatable bonds is 3. The van der Waals surface area contributed by atoms with Crippen LogP contribution in [-0.2, 0) is 4.74 Å². The van der Waals surface area contributed by atoms with Crippen LogP contribution in [0.3, 0.4) is 0 Å². The van der Waals surface area contributed by atoms with E-state index in [4.69, 9.17) is 4.74 Å². The van der Waals surface area contributed by atoms with Crippen molar-refractivity contribution in [1.29, 1.82) is 0 Å². The van der Waals surface area contributed by atoms with E-state index in [2.05, 4.69) is 19.2 Å². The minimum Gasteiger partial charge on any atom is -0.384 e. The molecule has 0 aromatic rings. The molecule has 2 unspecified atom stereocenters. The average molecular weight is 171 g/mol. The van der Waals surface area contributed by atoms with Crippen LogP contribution < -0.4 is 5.32 Å². The molecule has 72 valence electrons. The van der Waals surface area contributed by atoms with Gasteiger partial charge in [0.1, 0.15) is 0 Å². The summed E-state index contributed by atoms with van der Waals surface area (Å²) in [5.41, 5.74) is 0. The third kappa shape index (κ3) is 2.46. The number of nitrogens with one attached hydrogen (secondary N) is 1. The van der Waals surface area contributed by atoms with Gasteiger partial charge in [-0.25, -0.2) is 0 Å². The van der Waals surface area contributed by atoms with Crippen molar-refractivity contribution in [2.75, 3.05) is 26.8 Å². The Kier molecular flexibility index (Phi) is 4.02. The summed E-state index contributed by atoms with van der Waals surface area (Å²) in [6.07, 6.45) is 1.31. The molecule has 1 aliphatic heterocycles. The lowest BCUT2D eigenvalue weighted by molar-refractivity contribution is 0.0830. The lowest BCUT2D eigenvalue weighted by Gasteiger charge is -2.34. The summed E-state index contributed by atoms with van der Waals surface area (Å²) < 4.78 is 5.22. The summed E-state index contributed by atoms with van der Waals surface area (Å²) in [5.74, 6) is 2.38. The number of methoxy groups -OCH3 is 1. The second-order valence-electron chi connectivity index (χ2n) is 4.12. The molecule has 12 heavy (non-hydrogen) atoms. The fourth-order valence-electron chi connectivity index (χ4n) is 2.22. The van der Waals surface area contributed by atoms with Gasteiger partial charge in [-0.05, 0) is 30.7 Å². The molecule has 2 atom stereocenters. The summed E-state index contributed by atoms with van der Waals surface area (Å²) in [4.78, 5) is 0. The van der Waals surface area contributed by atoms with Crippen LogP contribution in [0.15, 0.2) is 0 Å². The van der Waals surface area contributed by atoms with Crippen LogP contribution in [0.25, 0.3) is 0 Å². The van der Waals surface area contributed by atoms with Crippen LogP contribution in [0.1, 0.15) is 20.3 Å². The van der Waals surface area contributed by atoms with Gasteiger partial charge in [0.05, 0.1) is 6.61 Å². The third-order valence-electron chi connectivity index (χ3n) is 2.90. The first-order chi connectivity index (χ1) is 5.75. The molecule has 1 N–H and O–H groups in total. The van der Waals surface area contributed by atoms with Crippen LogP contribution in [0.5, 0.6) is 0 Å². The van der Waals surface area contributed by atoms with Crippen LogP contribution in [0, 0.1) is 17.8 Å². The molecule has 0 spiro atoms. The molecule has 1 heterocycles. The van der Waals surface area contributed by atoms with E-state index in [9.17, 15) is 0 Å². The monoisotopic (exact) mass is 171 g/mol. The number of piperidine rings is 1. The second kappa shape index (κ2) is 4.83. The van der Waals surface area contributed by atoms with Crippen LogP contribution in [0.4, 0.5) is 0 Å². The largest absolute Gasteiger partial charge is 0.384 e. The highest BCUT2D eigenvalue weighted by molar-refractivity contribution is 4.79. The molecule has 0 aromatic heterocycles. The summed E-state index contributed by atoms with van der Waals surface area (Å²) in [7, 11) is 1.80. The molecule has 1 saturated heterocycles. The van der Waals surface area contributed by atoms with Gasteiger partial charge < -0.3 is 10.1 Å². The van der Waals surface area contributed by atoms with Gasteiger partial charge in [0.15, 0.2) is 0 Å². The van der Waals surface area contributed by atoms with Crippen molar-refractivity contribution in [3.05, 3.63) is 0 Å². The first kappa shape index (κ1) is 10.0. The highest BCUT2D eigenvalue weighted by Gasteiger charge is 2.26. The van der Waals surface area contributed by atoms with E-state index in [0.717, 1.165) is 30.9 Å². The lowest BCUT2D eigenvalue weighted by atomic mass is 9.79. The van der Waals surface area contributed by atoms with Crippen LogP contribution in [-0.4, -0.2) is 26.8 Å². The Morgan fingerprint density at radius 1 is 1.50 bits per heavy atom. The Morgan fingerprint density at radius 2 is 2.25 bits per heavy atom. The Labute approximate surface area is 75.7 Å². The maximum atomic E-state index is 5.22. The quantitative estimate of drug-likeness (QED) is 0.695. The predicted molar refractivity (Wildman–Crippen MR) is 51.2 cm³/mol. The molecule has 1 rings (SSSR count). The van der Waals surface area contributed by atoms with Crippen LogP contribution in [0.2, 0.25) is 0 Å². The lowest BCUT2D eigenvalue weighted by Crippen LogP contribution is -2.40. The maximum absolute atomic E-state index is 5.22. The predicted octanol–water partition coefficient (Wildman–Crippen LogP) is 1.51. The van der Waals surface area contributed by atoms with Crippen molar-refractivity contribution in [3.63, 3.8) is 0 Å². The van der Waals surface area contributed by atoms with Crippen molar-refractivity contribution in [2.24, 2.45) is 17.8 Å². The Balaban J connectivity index is 2.42. The van der Waals surface area contributed by atoms with Gasteiger partial charge >= 0.3 is 0 Å². The van der Waals surface area contributed by atoms with E-state index in [-0.39, 0.29) is 0 Å². The second-order valence-corrected chi connectivity index (χ2v) is 4.12. The Hall–Kier alpha value is -0.0800. The molecular formula is C10H21NO. The Bertz CT molecular complexity index is 123. The average Bonchev–Trinajstić information content (AvgIpc) is 2.05. The topological polar surface area (TPSA) is 21.3 Å². The fourth-order valence-corrected chi connectivity index (χ4v) is 2.22. The SMILES string of the molecule is COCC1CNCCC1C(C)C. The van der Waals surface area contributed by atoms with Gasteiger partial charge in [0, 0.05) is 13.7 Å². The number of ether oxygens (including phenoxy) is 1. The van der Waals surface area contributed by atoms with Crippen molar-refractivity contribution < 1.29 is 4.74 Å². The molecule has 0 saturated carbocycles. The van der Waals surface area contributed by atoms with Gasteiger partial charge in [-0.2, -0.15) is 0 Å². The van der Waals surface area contributed by atoms with E-state index >= 15 is 0 Å². The van der Waals surface area contributed by atoms with Gasteiger partial charge in [-0.1, -0.05) is 13.8 Å². The normalized spacial score (nSPS) is 31.0. The third-order valence-corrected chi connectivity index (χ3v) is 2.90. The zero-order valence-corrected chi connectivity index (χ0v) is 8.47. The molecule has 1 fully saturated rings. The smallest absolute Gasteiger partial charge is 0.0505 e. The molecule has 0 bridgehead atoms. The number of hydrogen-bond donors (Lipinski definition) is 1.